The van der Waals surface area contributed by atoms with Crippen molar-refractivity contribution in [3.8, 4) is 0 Å². The average molecular weight is 282 g/mol. The van der Waals surface area contributed by atoms with Crippen LogP contribution in [0.1, 0.15) is 18.2 Å². The van der Waals surface area contributed by atoms with Gasteiger partial charge in [0.15, 0.2) is 0 Å². The molecule has 0 saturated carbocycles. The number of hydrogen-bond donors (Lipinski definition) is 1. The summed E-state index contributed by atoms with van der Waals surface area (Å²) in [7, 11) is 0. The van der Waals surface area contributed by atoms with Crippen LogP contribution in [0.4, 0.5) is 4.39 Å². The van der Waals surface area contributed by atoms with Gasteiger partial charge >= 0.3 is 0 Å². The van der Waals surface area contributed by atoms with Crippen LogP contribution >= 0.6 is 0 Å². The number of nitrogens with zero attached hydrogens (tertiary/aromatic N) is 2. The van der Waals surface area contributed by atoms with Crippen LogP contribution in [0.25, 0.3) is 10.9 Å². The van der Waals surface area contributed by atoms with Gasteiger partial charge in [-0.2, -0.15) is 0 Å². The third-order valence-electron chi connectivity index (χ3n) is 3.51. The van der Waals surface area contributed by atoms with E-state index in [-0.39, 0.29) is 0 Å². The van der Waals surface area contributed by atoms with E-state index in [1.807, 2.05) is 36.4 Å². The molecule has 2 heterocycles. The predicted molar refractivity (Wildman–Crippen MR) is 79.2 cm³/mol. The summed E-state index contributed by atoms with van der Waals surface area (Å²) in [4.78, 5) is 8.32. The number of aromatic nitrogens is 2. The minimum absolute atomic E-state index is 0.295. The fourth-order valence-corrected chi connectivity index (χ4v) is 2.37. The maximum absolute atomic E-state index is 13.3. The Morgan fingerprint density at radius 2 is 1.95 bits per heavy atom. The van der Waals surface area contributed by atoms with Crippen LogP contribution in [-0.4, -0.2) is 15.1 Å². The summed E-state index contributed by atoms with van der Waals surface area (Å²) in [5.41, 5.74) is 0.855. The molecule has 3 nitrogen and oxygen atoms in total. The van der Waals surface area contributed by atoms with Crippen molar-refractivity contribution >= 4 is 10.9 Å². The summed E-state index contributed by atoms with van der Waals surface area (Å²) < 4.78 is 13.3. The summed E-state index contributed by atoms with van der Waals surface area (Å²) in [6.45, 7) is 1.64. The van der Waals surface area contributed by atoms with Crippen molar-refractivity contribution < 1.29 is 9.50 Å². The van der Waals surface area contributed by atoms with E-state index in [2.05, 4.69) is 9.97 Å². The maximum atomic E-state index is 13.3. The zero-order valence-corrected chi connectivity index (χ0v) is 11.6. The molecule has 106 valence electrons. The summed E-state index contributed by atoms with van der Waals surface area (Å²) >= 11 is 0. The number of aliphatic hydroxyl groups is 1. The quantitative estimate of drug-likeness (QED) is 0.802. The number of fused-ring (bicyclic) bond motifs is 1. The second-order valence-electron chi connectivity index (χ2n) is 5.34. The number of benzene rings is 1. The highest BCUT2D eigenvalue weighted by molar-refractivity contribution is 5.78. The van der Waals surface area contributed by atoms with Gasteiger partial charge in [-0.15, -0.1) is 0 Å². The first kappa shape index (κ1) is 13.6. The van der Waals surface area contributed by atoms with Crippen LogP contribution in [-0.2, 0) is 12.0 Å². The number of halogens is 1. The molecule has 0 aliphatic rings. The molecule has 1 aromatic carbocycles. The zero-order valence-electron chi connectivity index (χ0n) is 11.6. The summed E-state index contributed by atoms with van der Waals surface area (Å²) in [6.07, 6.45) is 2.89. The molecular formula is C17H15FN2O. The molecule has 1 N–H and O–H groups in total. The van der Waals surface area contributed by atoms with Crippen LogP contribution < -0.4 is 0 Å². The standard InChI is InChI=1S/C17H15FN2O/c1-17(21,13-8-14(18)11-19-10-13)9-15-7-6-12-4-2-3-5-16(12)20-15/h2-8,10-11,21H,9H2,1H3. The Balaban J connectivity index is 1.93. The highest BCUT2D eigenvalue weighted by Gasteiger charge is 2.25. The molecule has 0 fully saturated rings. The van der Waals surface area contributed by atoms with Crippen molar-refractivity contribution in [1.29, 1.82) is 0 Å². The fourth-order valence-electron chi connectivity index (χ4n) is 2.37. The Bertz CT molecular complexity index is 786. The van der Waals surface area contributed by atoms with Crippen LogP contribution in [0, 0.1) is 5.82 Å². The van der Waals surface area contributed by atoms with Crippen LogP contribution in [0.2, 0.25) is 0 Å². The number of rotatable bonds is 3. The largest absolute Gasteiger partial charge is 0.385 e. The van der Waals surface area contributed by atoms with E-state index < -0.39 is 11.4 Å². The third-order valence-corrected chi connectivity index (χ3v) is 3.51. The second kappa shape index (κ2) is 5.22. The SMILES string of the molecule is CC(O)(Cc1ccc2ccccc2n1)c1cncc(F)c1. The molecule has 0 aliphatic carbocycles. The van der Waals surface area contributed by atoms with E-state index in [9.17, 15) is 9.50 Å². The van der Waals surface area contributed by atoms with Gasteiger partial charge in [-0.25, -0.2) is 4.39 Å². The lowest BCUT2D eigenvalue weighted by molar-refractivity contribution is 0.0559. The predicted octanol–water partition coefficient (Wildman–Crippen LogP) is 3.22. The topological polar surface area (TPSA) is 46.0 Å². The van der Waals surface area contributed by atoms with Crippen LogP contribution in [0.3, 0.4) is 0 Å². The van der Waals surface area contributed by atoms with Crippen molar-refractivity contribution in [1.82, 2.24) is 9.97 Å². The average Bonchev–Trinajstić information content (AvgIpc) is 2.47. The molecule has 1 unspecified atom stereocenters. The summed E-state index contributed by atoms with van der Waals surface area (Å²) in [5.74, 6) is -0.459. The number of hydrogen-bond acceptors (Lipinski definition) is 3. The van der Waals surface area contributed by atoms with Gasteiger partial charge in [0.1, 0.15) is 5.82 Å². The maximum Gasteiger partial charge on any atom is 0.141 e. The van der Waals surface area contributed by atoms with Crippen molar-refractivity contribution in [2.24, 2.45) is 0 Å². The minimum Gasteiger partial charge on any atom is -0.385 e. The Morgan fingerprint density at radius 1 is 1.14 bits per heavy atom. The molecule has 0 aliphatic heterocycles. The zero-order chi connectivity index (χ0) is 14.9. The molecule has 21 heavy (non-hydrogen) atoms. The molecule has 3 rings (SSSR count). The van der Waals surface area contributed by atoms with Gasteiger partial charge in [-0.05, 0) is 25.1 Å². The number of para-hydroxylation sites is 1. The van der Waals surface area contributed by atoms with Gasteiger partial charge in [-0.3, -0.25) is 9.97 Å². The van der Waals surface area contributed by atoms with Crippen LogP contribution in [0.15, 0.2) is 54.9 Å². The second-order valence-corrected chi connectivity index (χ2v) is 5.34. The van der Waals surface area contributed by atoms with Crippen molar-refractivity contribution in [2.75, 3.05) is 0 Å². The molecule has 1 atom stereocenters. The summed E-state index contributed by atoms with van der Waals surface area (Å²) in [5, 5.41) is 11.6. The van der Waals surface area contributed by atoms with Gasteiger partial charge in [0, 0.05) is 29.3 Å². The Kier molecular flexibility index (Phi) is 3.39. The van der Waals surface area contributed by atoms with E-state index in [4.69, 9.17) is 0 Å². The van der Waals surface area contributed by atoms with Crippen molar-refractivity contribution in [2.45, 2.75) is 18.9 Å². The molecule has 0 radical (unpaired) electrons. The third kappa shape index (κ3) is 2.90. The number of pyridine rings is 2. The van der Waals surface area contributed by atoms with E-state index in [0.717, 1.165) is 22.8 Å². The molecule has 0 spiro atoms. The lowest BCUT2D eigenvalue weighted by atomic mass is 9.92. The van der Waals surface area contributed by atoms with E-state index in [0.29, 0.717) is 12.0 Å². The van der Waals surface area contributed by atoms with E-state index >= 15 is 0 Å². The Labute approximate surface area is 122 Å². The Morgan fingerprint density at radius 3 is 2.76 bits per heavy atom. The first-order valence-corrected chi connectivity index (χ1v) is 6.73. The van der Waals surface area contributed by atoms with Gasteiger partial charge in [-0.1, -0.05) is 24.3 Å². The fraction of sp³-hybridized carbons (Fsp3) is 0.176. The Hall–Kier alpha value is -2.33. The molecule has 3 aromatic rings. The van der Waals surface area contributed by atoms with Gasteiger partial charge in [0.05, 0.1) is 17.3 Å². The monoisotopic (exact) mass is 282 g/mol. The molecule has 4 heteroatoms. The first-order chi connectivity index (χ1) is 10.0. The van der Waals surface area contributed by atoms with Gasteiger partial charge < -0.3 is 5.11 Å². The molecule has 0 bridgehead atoms. The summed E-state index contributed by atoms with van der Waals surface area (Å²) in [6, 6.07) is 12.9. The van der Waals surface area contributed by atoms with Gasteiger partial charge in [0.25, 0.3) is 0 Å². The first-order valence-electron chi connectivity index (χ1n) is 6.73. The minimum atomic E-state index is -1.22. The normalized spacial score (nSPS) is 14.0. The lowest BCUT2D eigenvalue weighted by Crippen LogP contribution is -2.25. The van der Waals surface area contributed by atoms with Crippen molar-refractivity contribution in [3.63, 3.8) is 0 Å². The highest BCUT2D eigenvalue weighted by atomic mass is 19.1. The molecular weight excluding hydrogens is 267 g/mol. The molecule has 0 amide bonds. The van der Waals surface area contributed by atoms with Gasteiger partial charge in [0.2, 0.25) is 0 Å². The lowest BCUT2D eigenvalue weighted by Gasteiger charge is -2.23. The van der Waals surface area contributed by atoms with Crippen LogP contribution in [0.5, 0.6) is 0 Å². The molecule has 2 aromatic heterocycles. The van der Waals surface area contributed by atoms with Crippen molar-refractivity contribution in [3.05, 3.63) is 71.9 Å². The molecule has 0 saturated heterocycles. The van der Waals surface area contributed by atoms with E-state index in [1.54, 1.807) is 6.92 Å². The van der Waals surface area contributed by atoms with E-state index in [1.165, 1.54) is 12.3 Å². The highest BCUT2D eigenvalue weighted by Crippen LogP contribution is 2.25. The smallest absolute Gasteiger partial charge is 0.141 e.